The zero-order chi connectivity index (χ0) is 20.6. The Bertz CT molecular complexity index is 596. The van der Waals surface area contributed by atoms with Crippen LogP contribution in [0, 0.1) is 6.92 Å². The number of aryl methyl sites for hydroxylation is 1. The van der Waals surface area contributed by atoms with Crippen LogP contribution in [0.1, 0.15) is 24.5 Å². The van der Waals surface area contributed by atoms with Crippen molar-refractivity contribution in [3.8, 4) is 0 Å². The van der Waals surface area contributed by atoms with Gasteiger partial charge in [-0.1, -0.05) is 19.6 Å². The normalized spacial score (nSPS) is 11.4. The van der Waals surface area contributed by atoms with Crippen molar-refractivity contribution in [2.75, 3.05) is 59.1 Å². The first kappa shape index (κ1) is 24.0. The van der Waals surface area contributed by atoms with Gasteiger partial charge in [-0.25, -0.2) is 0 Å². The molecule has 1 aromatic carbocycles. The Morgan fingerprint density at radius 1 is 1.07 bits per heavy atom. The van der Waals surface area contributed by atoms with E-state index in [1.54, 1.807) is 7.11 Å². The van der Waals surface area contributed by atoms with Gasteiger partial charge in [0.1, 0.15) is 12.4 Å². The van der Waals surface area contributed by atoms with E-state index in [2.05, 4.69) is 49.3 Å². The Morgan fingerprint density at radius 3 is 2.46 bits per heavy atom. The van der Waals surface area contributed by atoms with Gasteiger partial charge >= 0.3 is 0 Å². The third-order valence-electron chi connectivity index (χ3n) is 3.98. The van der Waals surface area contributed by atoms with Crippen LogP contribution in [0.2, 0.25) is 0 Å². The predicted octanol–water partition coefficient (Wildman–Crippen LogP) is 3.63. The number of ether oxygens (including phenoxy) is 4. The fourth-order valence-electron chi connectivity index (χ4n) is 2.54. The summed E-state index contributed by atoms with van der Waals surface area (Å²) in [5.74, 6) is 0.656. The van der Waals surface area contributed by atoms with E-state index >= 15 is 0 Å². The molecule has 0 fully saturated rings. The quantitative estimate of drug-likeness (QED) is 0.254. The molecule has 0 aliphatic heterocycles. The van der Waals surface area contributed by atoms with E-state index in [1.165, 1.54) is 5.56 Å². The lowest BCUT2D eigenvalue weighted by Gasteiger charge is -2.12. The van der Waals surface area contributed by atoms with Crippen molar-refractivity contribution < 1.29 is 18.9 Å². The minimum Gasteiger partial charge on any atom is -0.489 e. The molecule has 28 heavy (non-hydrogen) atoms. The fraction of sp³-hybridized carbons (Fsp3) is 0.545. The topological polar surface area (TPSA) is 61.0 Å². The van der Waals surface area contributed by atoms with Crippen molar-refractivity contribution in [1.82, 2.24) is 5.32 Å². The van der Waals surface area contributed by atoms with Crippen LogP contribution >= 0.6 is 0 Å². The highest BCUT2D eigenvalue weighted by atomic mass is 16.5. The molecule has 1 rings (SSSR count). The van der Waals surface area contributed by atoms with Crippen LogP contribution in [0.15, 0.2) is 42.3 Å². The highest BCUT2D eigenvalue weighted by molar-refractivity contribution is 5.48. The number of nitrogens with one attached hydrogen (secondary N) is 2. The maximum absolute atomic E-state index is 5.78. The smallest absolute Gasteiger partial charge is 0.114 e. The molecule has 0 unspecified atom stereocenters. The molecule has 1 aromatic rings. The molecule has 0 aliphatic carbocycles. The zero-order valence-corrected chi connectivity index (χ0v) is 17.8. The van der Waals surface area contributed by atoms with E-state index in [9.17, 15) is 0 Å². The van der Waals surface area contributed by atoms with Crippen LogP contribution in [0.5, 0.6) is 0 Å². The maximum Gasteiger partial charge on any atom is 0.114 e. The van der Waals surface area contributed by atoms with Gasteiger partial charge < -0.3 is 29.6 Å². The van der Waals surface area contributed by atoms with E-state index < -0.39 is 0 Å². The zero-order valence-electron chi connectivity index (χ0n) is 17.8. The van der Waals surface area contributed by atoms with E-state index in [0.29, 0.717) is 45.4 Å². The minimum atomic E-state index is 0.488. The van der Waals surface area contributed by atoms with Crippen LogP contribution in [0.25, 0.3) is 0 Å². The Morgan fingerprint density at radius 2 is 1.79 bits per heavy atom. The van der Waals surface area contributed by atoms with Gasteiger partial charge in [0.2, 0.25) is 0 Å². The molecule has 0 saturated heterocycles. The van der Waals surface area contributed by atoms with Gasteiger partial charge in [0.15, 0.2) is 0 Å². The first-order chi connectivity index (χ1) is 13.6. The molecule has 0 amide bonds. The molecule has 6 heteroatoms. The SMILES string of the molecule is C=C(/C=C(\CC)NC)OCc1cc(C)cc(NCCOCCOCCOC)c1. The number of rotatable bonds is 16. The average molecular weight is 393 g/mol. The Hall–Kier alpha value is -2.02. The van der Waals surface area contributed by atoms with Crippen LogP contribution in [0.3, 0.4) is 0 Å². The van der Waals surface area contributed by atoms with Crippen molar-refractivity contribution in [2.24, 2.45) is 0 Å². The summed E-state index contributed by atoms with van der Waals surface area (Å²) in [5, 5.41) is 6.52. The molecular weight excluding hydrogens is 356 g/mol. The lowest BCUT2D eigenvalue weighted by Crippen LogP contribution is -2.13. The standard InChI is InChI=1S/C22H36N2O4/c1-6-21(23-4)15-19(3)28-17-20-13-18(2)14-22(16-20)24-7-8-26-11-12-27-10-9-25-5/h13-16,23-24H,3,6-12,17H2,1-2,4-5H3/b21-15+. The summed E-state index contributed by atoms with van der Waals surface area (Å²) in [4.78, 5) is 0. The fourth-order valence-corrected chi connectivity index (χ4v) is 2.54. The molecule has 0 aromatic heterocycles. The maximum atomic E-state index is 5.78. The summed E-state index contributed by atoms with van der Waals surface area (Å²) in [7, 11) is 3.56. The highest BCUT2D eigenvalue weighted by Gasteiger charge is 2.01. The molecule has 0 aliphatic rings. The molecule has 0 spiro atoms. The largest absolute Gasteiger partial charge is 0.489 e. The number of allylic oxidation sites excluding steroid dienone is 2. The van der Waals surface area contributed by atoms with Gasteiger partial charge in [-0.05, 0) is 42.7 Å². The molecule has 6 nitrogen and oxygen atoms in total. The molecule has 158 valence electrons. The van der Waals surface area contributed by atoms with Crippen LogP contribution < -0.4 is 10.6 Å². The molecule has 0 atom stereocenters. The third kappa shape index (κ3) is 11.0. The van der Waals surface area contributed by atoms with Crippen LogP contribution in [0.4, 0.5) is 5.69 Å². The van der Waals surface area contributed by atoms with Crippen molar-refractivity contribution in [3.05, 3.63) is 53.4 Å². The number of hydrogen-bond acceptors (Lipinski definition) is 6. The van der Waals surface area contributed by atoms with Crippen LogP contribution in [-0.4, -0.2) is 53.7 Å². The lowest BCUT2D eigenvalue weighted by molar-refractivity contribution is 0.0272. The number of hydrogen-bond donors (Lipinski definition) is 2. The third-order valence-corrected chi connectivity index (χ3v) is 3.98. The van der Waals surface area contributed by atoms with Gasteiger partial charge in [0.05, 0.1) is 33.0 Å². The van der Waals surface area contributed by atoms with Gasteiger partial charge in [0, 0.05) is 32.1 Å². The summed E-state index contributed by atoms with van der Waals surface area (Å²) in [6.45, 7) is 12.4. The van der Waals surface area contributed by atoms with Crippen molar-refractivity contribution in [1.29, 1.82) is 0 Å². The van der Waals surface area contributed by atoms with Crippen molar-refractivity contribution in [2.45, 2.75) is 26.9 Å². The number of methoxy groups -OCH3 is 1. The highest BCUT2D eigenvalue weighted by Crippen LogP contribution is 2.16. The Kier molecular flexibility index (Phi) is 12.8. The van der Waals surface area contributed by atoms with Gasteiger partial charge in [-0.15, -0.1) is 0 Å². The van der Waals surface area contributed by atoms with Crippen molar-refractivity contribution in [3.63, 3.8) is 0 Å². The minimum absolute atomic E-state index is 0.488. The van der Waals surface area contributed by atoms with Crippen LogP contribution in [-0.2, 0) is 25.6 Å². The molecule has 0 radical (unpaired) electrons. The Balaban J connectivity index is 2.34. The summed E-state index contributed by atoms with van der Waals surface area (Å²) in [5.41, 5.74) is 4.44. The lowest BCUT2D eigenvalue weighted by atomic mass is 10.1. The van der Waals surface area contributed by atoms with E-state index in [0.717, 1.165) is 29.9 Å². The summed E-state index contributed by atoms with van der Waals surface area (Å²) in [6, 6.07) is 6.33. The summed E-state index contributed by atoms with van der Waals surface area (Å²) >= 11 is 0. The van der Waals surface area contributed by atoms with Crippen molar-refractivity contribution >= 4 is 5.69 Å². The first-order valence-corrected chi connectivity index (χ1v) is 9.78. The average Bonchev–Trinajstić information content (AvgIpc) is 2.69. The monoisotopic (exact) mass is 392 g/mol. The van der Waals surface area contributed by atoms with E-state index in [-0.39, 0.29) is 0 Å². The summed E-state index contributed by atoms with van der Waals surface area (Å²) in [6.07, 6.45) is 2.85. The van der Waals surface area contributed by atoms with Gasteiger partial charge in [0.25, 0.3) is 0 Å². The first-order valence-electron chi connectivity index (χ1n) is 9.78. The molecule has 2 N–H and O–H groups in total. The molecule has 0 saturated carbocycles. The van der Waals surface area contributed by atoms with E-state index in [4.69, 9.17) is 18.9 Å². The summed E-state index contributed by atoms with van der Waals surface area (Å²) < 4.78 is 21.6. The second-order valence-corrected chi connectivity index (χ2v) is 6.38. The molecule has 0 bridgehead atoms. The number of benzene rings is 1. The number of anilines is 1. The predicted molar refractivity (Wildman–Crippen MR) is 115 cm³/mol. The van der Waals surface area contributed by atoms with Gasteiger partial charge in [-0.2, -0.15) is 0 Å². The second kappa shape index (κ2) is 15.0. The second-order valence-electron chi connectivity index (χ2n) is 6.38. The molecular formula is C22H36N2O4. The van der Waals surface area contributed by atoms with Gasteiger partial charge in [-0.3, -0.25) is 0 Å². The molecule has 0 heterocycles. The Labute approximate surface area is 169 Å². The van der Waals surface area contributed by atoms with E-state index in [1.807, 2.05) is 13.1 Å².